The van der Waals surface area contributed by atoms with Crippen LogP contribution in [0.4, 0.5) is 4.39 Å². The Bertz CT molecular complexity index is 313. The number of hydrogen-bond donors (Lipinski definition) is 0. The van der Waals surface area contributed by atoms with Gasteiger partial charge in [-0.2, -0.15) is 0 Å². The van der Waals surface area contributed by atoms with Gasteiger partial charge in [0.15, 0.2) is 0 Å². The lowest BCUT2D eigenvalue weighted by Gasteiger charge is -2.21. The maximum atomic E-state index is 13.1. The fraction of sp³-hybridized carbons (Fsp3) is 0.500. The van der Waals surface area contributed by atoms with Crippen molar-refractivity contribution in [1.82, 2.24) is 0 Å². The van der Waals surface area contributed by atoms with Crippen molar-refractivity contribution in [3.05, 3.63) is 29.6 Å². The Morgan fingerprint density at radius 1 is 1.21 bits per heavy atom. The van der Waals surface area contributed by atoms with E-state index in [1.807, 2.05) is 33.8 Å². The molecule has 0 spiro atoms. The largest absolute Gasteiger partial charge is 0.488 e. The van der Waals surface area contributed by atoms with Crippen LogP contribution >= 0.6 is 0 Å². The van der Waals surface area contributed by atoms with Crippen LogP contribution in [0.2, 0.25) is 0 Å². The van der Waals surface area contributed by atoms with Crippen molar-refractivity contribution in [2.75, 3.05) is 0 Å². The van der Waals surface area contributed by atoms with Gasteiger partial charge in [0.25, 0.3) is 0 Å². The predicted molar refractivity (Wildman–Crippen MR) is 56.2 cm³/mol. The molecule has 0 fully saturated rings. The molecule has 0 atom stereocenters. The van der Waals surface area contributed by atoms with E-state index in [-0.39, 0.29) is 11.4 Å². The quantitative estimate of drug-likeness (QED) is 0.702. The summed E-state index contributed by atoms with van der Waals surface area (Å²) in [5.41, 5.74) is 0.683. The van der Waals surface area contributed by atoms with Crippen molar-refractivity contribution < 1.29 is 9.13 Å². The zero-order valence-electron chi connectivity index (χ0n) is 9.23. The van der Waals surface area contributed by atoms with Gasteiger partial charge in [-0.05, 0) is 44.9 Å². The van der Waals surface area contributed by atoms with Gasteiger partial charge in [0, 0.05) is 6.07 Å². The molecule has 0 saturated carbocycles. The Hall–Kier alpha value is -1.05. The van der Waals surface area contributed by atoms with Crippen LogP contribution in [0.15, 0.2) is 18.2 Å². The van der Waals surface area contributed by atoms with E-state index in [2.05, 4.69) is 0 Å². The summed E-state index contributed by atoms with van der Waals surface area (Å²) in [5.74, 6) is 0.373. The van der Waals surface area contributed by atoms with Crippen LogP contribution in [0.1, 0.15) is 33.3 Å². The van der Waals surface area contributed by atoms with Gasteiger partial charge in [-0.3, -0.25) is 0 Å². The van der Waals surface area contributed by atoms with Crippen LogP contribution in [0, 0.1) is 5.82 Å². The van der Waals surface area contributed by atoms with Gasteiger partial charge in [-0.25, -0.2) is 4.39 Å². The van der Waals surface area contributed by atoms with E-state index in [0.29, 0.717) is 5.75 Å². The molecule has 0 bridgehead atoms. The number of aryl methyl sites for hydroxylation is 1. The van der Waals surface area contributed by atoms with Gasteiger partial charge in [0.2, 0.25) is 0 Å². The second-order valence-electron chi connectivity index (χ2n) is 4.36. The third kappa shape index (κ3) is 3.36. The Kier molecular flexibility index (Phi) is 3.14. The minimum absolute atomic E-state index is 0.233. The minimum atomic E-state index is -0.279. The van der Waals surface area contributed by atoms with Crippen LogP contribution in [-0.4, -0.2) is 5.60 Å². The predicted octanol–water partition coefficient (Wildman–Crippen LogP) is 3.57. The number of halogens is 1. The molecule has 78 valence electrons. The molecular formula is C12H17FO. The average molecular weight is 196 g/mol. The van der Waals surface area contributed by atoms with Gasteiger partial charge < -0.3 is 4.74 Å². The van der Waals surface area contributed by atoms with E-state index < -0.39 is 0 Å². The van der Waals surface area contributed by atoms with E-state index in [0.717, 1.165) is 12.0 Å². The molecule has 0 aliphatic carbocycles. The Morgan fingerprint density at radius 3 is 2.36 bits per heavy atom. The third-order valence-corrected chi connectivity index (χ3v) is 1.76. The number of hydrogen-bond acceptors (Lipinski definition) is 1. The van der Waals surface area contributed by atoms with Crippen molar-refractivity contribution in [2.24, 2.45) is 0 Å². The molecule has 0 N–H and O–H groups in total. The average Bonchev–Trinajstić information content (AvgIpc) is 1.99. The summed E-state index contributed by atoms with van der Waals surface area (Å²) in [7, 11) is 0. The topological polar surface area (TPSA) is 9.23 Å². The lowest BCUT2D eigenvalue weighted by atomic mass is 10.1. The molecule has 1 aromatic rings. The standard InChI is InChI=1S/C12H17FO/c1-5-9-6-10(13)8-11(7-9)14-12(2,3)4/h6-8H,5H2,1-4H3. The van der Waals surface area contributed by atoms with Crippen molar-refractivity contribution >= 4 is 0 Å². The van der Waals surface area contributed by atoms with Crippen LogP contribution in [0.25, 0.3) is 0 Å². The first-order valence-corrected chi connectivity index (χ1v) is 4.89. The summed E-state index contributed by atoms with van der Waals surface area (Å²) >= 11 is 0. The molecule has 0 heterocycles. The molecule has 0 aromatic heterocycles. The van der Waals surface area contributed by atoms with Crippen molar-refractivity contribution in [3.63, 3.8) is 0 Å². The molecule has 0 aliphatic rings. The summed E-state index contributed by atoms with van der Waals surface area (Å²) in [6, 6.07) is 4.84. The van der Waals surface area contributed by atoms with Crippen molar-refractivity contribution in [3.8, 4) is 5.75 Å². The molecular weight excluding hydrogens is 179 g/mol. The van der Waals surface area contributed by atoms with Gasteiger partial charge in [0.05, 0.1) is 0 Å². The maximum Gasteiger partial charge on any atom is 0.127 e. The molecule has 0 radical (unpaired) electrons. The summed E-state index contributed by atoms with van der Waals surface area (Å²) in [5, 5.41) is 0. The lowest BCUT2D eigenvalue weighted by Crippen LogP contribution is -2.23. The second-order valence-corrected chi connectivity index (χ2v) is 4.36. The van der Waals surface area contributed by atoms with Gasteiger partial charge in [-0.1, -0.05) is 6.92 Å². The fourth-order valence-electron chi connectivity index (χ4n) is 1.24. The Morgan fingerprint density at radius 2 is 1.86 bits per heavy atom. The molecule has 0 unspecified atom stereocenters. The van der Waals surface area contributed by atoms with Crippen LogP contribution in [0.3, 0.4) is 0 Å². The van der Waals surface area contributed by atoms with Gasteiger partial charge >= 0.3 is 0 Å². The summed E-state index contributed by atoms with van der Waals surface area (Å²) < 4.78 is 18.7. The first-order valence-electron chi connectivity index (χ1n) is 4.89. The smallest absolute Gasteiger partial charge is 0.127 e. The van der Waals surface area contributed by atoms with E-state index in [1.165, 1.54) is 12.1 Å². The van der Waals surface area contributed by atoms with Gasteiger partial charge in [-0.15, -0.1) is 0 Å². The van der Waals surface area contributed by atoms with Crippen molar-refractivity contribution in [2.45, 2.75) is 39.7 Å². The summed E-state index contributed by atoms with van der Waals surface area (Å²) in [6.07, 6.45) is 0.818. The number of rotatable bonds is 2. The van der Waals surface area contributed by atoms with Gasteiger partial charge in [0.1, 0.15) is 17.2 Å². The Balaban J connectivity index is 2.92. The summed E-state index contributed by atoms with van der Waals surface area (Å²) in [4.78, 5) is 0. The lowest BCUT2D eigenvalue weighted by molar-refractivity contribution is 0.130. The maximum absolute atomic E-state index is 13.1. The van der Waals surface area contributed by atoms with E-state index in [4.69, 9.17) is 4.74 Å². The molecule has 1 aromatic carbocycles. The monoisotopic (exact) mass is 196 g/mol. The molecule has 1 rings (SSSR count). The third-order valence-electron chi connectivity index (χ3n) is 1.76. The second kappa shape index (κ2) is 3.99. The molecule has 0 saturated heterocycles. The van der Waals surface area contributed by atoms with E-state index in [1.54, 1.807) is 0 Å². The van der Waals surface area contributed by atoms with E-state index in [9.17, 15) is 4.39 Å². The molecule has 0 aliphatic heterocycles. The zero-order chi connectivity index (χ0) is 10.8. The minimum Gasteiger partial charge on any atom is -0.488 e. The highest BCUT2D eigenvalue weighted by atomic mass is 19.1. The van der Waals surface area contributed by atoms with Crippen LogP contribution in [0.5, 0.6) is 5.75 Å². The van der Waals surface area contributed by atoms with E-state index >= 15 is 0 Å². The first kappa shape index (κ1) is 11.0. The highest BCUT2D eigenvalue weighted by molar-refractivity contribution is 5.30. The van der Waals surface area contributed by atoms with Crippen molar-refractivity contribution in [1.29, 1.82) is 0 Å². The molecule has 2 heteroatoms. The zero-order valence-corrected chi connectivity index (χ0v) is 9.23. The molecule has 14 heavy (non-hydrogen) atoms. The highest BCUT2D eigenvalue weighted by Crippen LogP contribution is 2.21. The SMILES string of the molecule is CCc1cc(F)cc(OC(C)(C)C)c1. The highest BCUT2D eigenvalue weighted by Gasteiger charge is 2.12. The van der Waals surface area contributed by atoms with Crippen LogP contribution < -0.4 is 4.74 Å². The first-order chi connectivity index (χ1) is 6.40. The Labute approximate surface area is 84.9 Å². The number of ether oxygens (including phenoxy) is 1. The fourth-order valence-corrected chi connectivity index (χ4v) is 1.24. The van der Waals surface area contributed by atoms with Crippen LogP contribution in [-0.2, 0) is 6.42 Å². The molecule has 1 nitrogen and oxygen atoms in total. The molecule has 0 amide bonds. The normalized spacial score (nSPS) is 11.5. The number of benzene rings is 1. The summed E-state index contributed by atoms with van der Waals surface area (Å²) in [6.45, 7) is 7.84.